The van der Waals surface area contributed by atoms with Crippen LogP contribution >= 0.6 is 11.6 Å². The van der Waals surface area contributed by atoms with Crippen LogP contribution in [0.3, 0.4) is 0 Å². The van der Waals surface area contributed by atoms with E-state index in [1.165, 1.54) is 25.3 Å². The van der Waals surface area contributed by atoms with E-state index in [1.807, 2.05) is 19.9 Å². The summed E-state index contributed by atoms with van der Waals surface area (Å²) in [4.78, 5) is 0. The van der Waals surface area contributed by atoms with Crippen molar-refractivity contribution in [2.75, 3.05) is 7.11 Å². The molecule has 0 radical (unpaired) electrons. The molecule has 7 heteroatoms. The van der Waals surface area contributed by atoms with Crippen molar-refractivity contribution in [1.82, 2.24) is 15.1 Å². The summed E-state index contributed by atoms with van der Waals surface area (Å²) in [6.07, 6.45) is 1.77. The van der Waals surface area contributed by atoms with Crippen LogP contribution in [0.2, 0.25) is 5.02 Å². The highest BCUT2D eigenvalue weighted by Gasteiger charge is 2.15. The zero-order valence-corrected chi connectivity index (χ0v) is 16.1. The monoisotopic (exact) mass is 389 g/mol. The van der Waals surface area contributed by atoms with Gasteiger partial charge in [-0.25, -0.2) is 9.07 Å². The molecule has 0 aliphatic carbocycles. The molecule has 0 aliphatic rings. The number of nitrogens with one attached hydrogen (secondary N) is 1. The number of aromatic nitrogens is 2. The number of phenolic OH excluding ortho intramolecular Hbond substituents is 1. The Morgan fingerprint density at radius 1 is 1.33 bits per heavy atom. The Labute approximate surface area is 162 Å². The van der Waals surface area contributed by atoms with Crippen molar-refractivity contribution in [1.29, 1.82) is 0 Å². The molecular formula is C20H21ClFN3O2. The predicted molar refractivity (Wildman–Crippen MR) is 103 cm³/mol. The molecule has 0 fully saturated rings. The number of ether oxygens (including phenoxy) is 1. The van der Waals surface area contributed by atoms with E-state index in [2.05, 4.69) is 10.4 Å². The third-order valence-electron chi connectivity index (χ3n) is 4.51. The summed E-state index contributed by atoms with van der Waals surface area (Å²) in [6, 6.07) is 9.49. The molecule has 3 rings (SSSR count). The zero-order valence-electron chi connectivity index (χ0n) is 15.3. The maximum atomic E-state index is 13.5. The summed E-state index contributed by atoms with van der Waals surface area (Å²) < 4.78 is 20.3. The van der Waals surface area contributed by atoms with Gasteiger partial charge in [0.1, 0.15) is 5.82 Å². The van der Waals surface area contributed by atoms with Gasteiger partial charge in [0.25, 0.3) is 0 Å². The van der Waals surface area contributed by atoms with Gasteiger partial charge in [-0.15, -0.1) is 0 Å². The van der Waals surface area contributed by atoms with Crippen molar-refractivity contribution in [3.63, 3.8) is 0 Å². The van der Waals surface area contributed by atoms with Crippen LogP contribution in [0.5, 0.6) is 11.5 Å². The first-order valence-electron chi connectivity index (χ1n) is 8.50. The number of rotatable bonds is 6. The summed E-state index contributed by atoms with van der Waals surface area (Å²) >= 11 is 6.21. The topological polar surface area (TPSA) is 59.3 Å². The summed E-state index contributed by atoms with van der Waals surface area (Å²) in [6.45, 7) is 4.45. The molecule has 0 spiro atoms. The van der Waals surface area contributed by atoms with Crippen LogP contribution in [0.15, 0.2) is 42.6 Å². The minimum atomic E-state index is -0.300. The second-order valence-electron chi connectivity index (χ2n) is 6.30. The van der Waals surface area contributed by atoms with Crippen LogP contribution < -0.4 is 10.1 Å². The fourth-order valence-corrected chi connectivity index (χ4v) is 3.20. The highest BCUT2D eigenvalue weighted by molar-refractivity contribution is 6.31. The maximum Gasteiger partial charge on any atom is 0.160 e. The van der Waals surface area contributed by atoms with E-state index in [0.717, 1.165) is 16.8 Å². The second-order valence-corrected chi connectivity index (χ2v) is 6.70. The van der Waals surface area contributed by atoms with Crippen LogP contribution in [0, 0.1) is 12.7 Å². The van der Waals surface area contributed by atoms with E-state index < -0.39 is 0 Å². The Morgan fingerprint density at radius 2 is 2.11 bits per heavy atom. The first-order chi connectivity index (χ1) is 12.9. The molecule has 5 nitrogen and oxygen atoms in total. The fourth-order valence-electron chi connectivity index (χ4n) is 2.97. The SMILES string of the molecule is COc1cc(CN[C@H](C)c2cnn(-c3cccc(F)c3)c2C)c(Cl)cc1O. The molecule has 1 atom stereocenters. The van der Waals surface area contributed by atoms with Crippen LogP contribution in [0.25, 0.3) is 5.69 Å². The molecule has 27 heavy (non-hydrogen) atoms. The van der Waals surface area contributed by atoms with E-state index in [9.17, 15) is 9.50 Å². The molecule has 1 aromatic heterocycles. The molecule has 0 saturated carbocycles. The average molecular weight is 390 g/mol. The lowest BCUT2D eigenvalue weighted by Gasteiger charge is -2.16. The van der Waals surface area contributed by atoms with Gasteiger partial charge in [-0.3, -0.25) is 0 Å². The van der Waals surface area contributed by atoms with Gasteiger partial charge < -0.3 is 15.2 Å². The van der Waals surface area contributed by atoms with Crippen LogP contribution in [0.1, 0.15) is 29.8 Å². The van der Waals surface area contributed by atoms with Gasteiger partial charge in [-0.05, 0) is 43.7 Å². The van der Waals surface area contributed by atoms with Gasteiger partial charge in [0, 0.05) is 34.9 Å². The molecular weight excluding hydrogens is 369 g/mol. The number of nitrogens with zero attached hydrogens (tertiary/aromatic N) is 2. The van der Waals surface area contributed by atoms with E-state index in [1.54, 1.807) is 23.0 Å². The summed E-state index contributed by atoms with van der Waals surface area (Å²) in [7, 11) is 1.49. The largest absolute Gasteiger partial charge is 0.504 e. The Hall–Kier alpha value is -2.57. The van der Waals surface area contributed by atoms with Gasteiger partial charge in [0.2, 0.25) is 0 Å². The number of aromatic hydroxyl groups is 1. The van der Waals surface area contributed by atoms with Gasteiger partial charge in [-0.1, -0.05) is 17.7 Å². The average Bonchev–Trinajstić information content (AvgIpc) is 3.02. The van der Waals surface area contributed by atoms with Crippen LogP contribution in [0.4, 0.5) is 4.39 Å². The third-order valence-corrected chi connectivity index (χ3v) is 4.87. The Kier molecular flexibility index (Phi) is 5.68. The molecule has 0 bridgehead atoms. The molecule has 142 valence electrons. The summed E-state index contributed by atoms with van der Waals surface area (Å²) in [5, 5.41) is 18.0. The minimum Gasteiger partial charge on any atom is -0.504 e. The first kappa shape index (κ1) is 19.2. The summed E-state index contributed by atoms with van der Waals surface area (Å²) in [5.74, 6) is 0.0801. The van der Waals surface area contributed by atoms with Crippen molar-refractivity contribution in [2.24, 2.45) is 0 Å². The standard InChI is InChI=1S/C20H21ClFN3O2/c1-12(23-10-14-7-20(27-3)19(26)9-18(14)21)17-11-24-25(13(17)2)16-6-4-5-15(22)8-16/h4-9,11-12,23,26H,10H2,1-3H3/t12-/m1/s1. The number of hydrogen-bond acceptors (Lipinski definition) is 4. The van der Waals surface area contributed by atoms with E-state index in [0.29, 0.717) is 23.0 Å². The number of halogens is 2. The van der Waals surface area contributed by atoms with Crippen LogP contribution in [-0.4, -0.2) is 22.0 Å². The molecule has 0 unspecified atom stereocenters. The Bertz CT molecular complexity index is 958. The van der Waals surface area contributed by atoms with Crippen molar-refractivity contribution in [2.45, 2.75) is 26.4 Å². The Balaban J connectivity index is 1.77. The highest BCUT2D eigenvalue weighted by atomic mass is 35.5. The lowest BCUT2D eigenvalue weighted by Crippen LogP contribution is -2.19. The number of benzene rings is 2. The molecule has 0 saturated heterocycles. The summed E-state index contributed by atoms with van der Waals surface area (Å²) in [5.41, 5.74) is 3.42. The molecule has 3 aromatic rings. The van der Waals surface area contributed by atoms with Crippen molar-refractivity contribution in [3.8, 4) is 17.2 Å². The smallest absolute Gasteiger partial charge is 0.160 e. The molecule has 2 aromatic carbocycles. The molecule has 0 aliphatic heterocycles. The van der Waals surface area contributed by atoms with Crippen molar-refractivity contribution < 1.29 is 14.2 Å². The Morgan fingerprint density at radius 3 is 2.81 bits per heavy atom. The van der Waals surface area contributed by atoms with E-state index in [4.69, 9.17) is 16.3 Å². The van der Waals surface area contributed by atoms with Gasteiger partial charge in [-0.2, -0.15) is 5.10 Å². The van der Waals surface area contributed by atoms with E-state index in [-0.39, 0.29) is 17.6 Å². The van der Waals surface area contributed by atoms with Crippen molar-refractivity contribution >= 4 is 11.6 Å². The van der Waals surface area contributed by atoms with Crippen molar-refractivity contribution in [3.05, 3.63) is 70.3 Å². The normalized spacial score (nSPS) is 12.2. The van der Waals surface area contributed by atoms with Crippen LogP contribution in [-0.2, 0) is 6.54 Å². The predicted octanol–water partition coefficient (Wildman–Crippen LogP) is 4.54. The number of methoxy groups -OCH3 is 1. The van der Waals surface area contributed by atoms with Gasteiger partial charge in [0.05, 0.1) is 19.0 Å². The number of phenols is 1. The fraction of sp³-hybridized carbons (Fsp3) is 0.250. The lowest BCUT2D eigenvalue weighted by atomic mass is 10.1. The molecule has 0 amide bonds. The lowest BCUT2D eigenvalue weighted by molar-refractivity contribution is 0.372. The second kappa shape index (κ2) is 7.98. The molecule has 1 heterocycles. The highest BCUT2D eigenvalue weighted by Crippen LogP contribution is 2.32. The third kappa shape index (κ3) is 4.07. The number of hydrogen-bond donors (Lipinski definition) is 2. The minimum absolute atomic E-state index is 0.00603. The van der Waals surface area contributed by atoms with E-state index >= 15 is 0 Å². The quantitative estimate of drug-likeness (QED) is 0.650. The maximum absolute atomic E-state index is 13.5. The van der Waals surface area contributed by atoms with Gasteiger partial charge >= 0.3 is 0 Å². The zero-order chi connectivity index (χ0) is 19.6. The molecule has 2 N–H and O–H groups in total. The first-order valence-corrected chi connectivity index (χ1v) is 8.87. The van der Waals surface area contributed by atoms with Gasteiger partial charge in [0.15, 0.2) is 11.5 Å².